The second-order valence-corrected chi connectivity index (χ2v) is 7.94. The topological polar surface area (TPSA) is 58.2 Å². The predicted octanol–water partition coefficient (Wildman–Crippen LogP) is 4.50. The van der Waals surface area contributed by atoms with E-state index in [1.54, 1.807) is 11.3 Å². The molecule has 1 aliphatic rings. The maximum atomic E-state index is 13.2. The summed E-state index contributed by atoms with van der Waals surface area (Å²) in [6, 6.07) is 7.90. The maximum absolute atomic E-state index is 13.2. The zero-order chi connectivity index (χ0) is 18.6. The van der Waals surface area contributed by atoms with E-state index >= 15 is 0 Å². The molecule has 0 saturated heterocycles. The molecule has 26 heavy (non-hydrogen) atoms. The molecule has 0 spiro atoms. The molecule has 0 bridgehead atoms. The lowest BCUT2D eigenvalue weighted by molar-refractivity contribution is -0.136. The van der Waals surface area contributed by atoms with Crippen molar-refractivity contribution in [3.05, 3.63) is 51.4 Å². The van der Waals surface area contributed by atoms with Crippen molar-refractivity contribution in [1.82, 2.24) is 5.32 Å². The van der Waals surface area contributed by atoms with Gasteiger partial charge in [-0.1, -0.05) is 36.9 Å². The lowest BCUT2D eigenvalue weighted by atomic mass is 9.73. The Morgan fingerprint density at radius 1 is 1.15 bits per heavy atom. The van der Waals surface area contributed by atoms with Crippen LogP contribution in [0.5, 0.6) is 0 Å². The summed E-state index contributed by atoms with van der Waals surface area (Å²) in [7, 11) is 0. The van der Waals surface area contributed by atoms with E-state index in [1.165, 1.54) is 23.4 Å². The minimum Gasteiger partial charge on any atom is -0.347 e. The number of amides is 2. The summed E-state index contributed by atoms with van der Waals surface area (Å²) >= 11 is 7.38. The minimum atomic E-state index is -0.787. The first-order valence-electron chi connectivity index (χ1n) is 8.58. The fourth-order valence-corrected chi connectivity index (χ4v) is 4.58. The summed E-state index contributed by atoms with van der Waals surface area (Å²) in [6.07, 6.45) is 5.45. The molecule has 2 amide bonds. The first-order valence-corrected chi connectivity index (χ1v) is 9.84. The zero-order valence-electron chi connectivity index (χ0n) is 14.2. The smallest absolute Gasteiger partial charge is 0.313 e. The van der Waals surface area contributed by atoms with E-state index in [-0.39, 0.29) is 16.1 Å². The van der Waals surface area contributed by atoms with E-state index in [1.807, 2.05) is 11.4 Å². The lowest BCUT2D eigenvalue weighted by Gasteiger charge is -2.36. The number of carbonyl (C=O) groups is 2. The molecule has 0 radical (unpaired) electrons. The fourth-order valence-electron chi connectivity index (χ4n) is 3.41. The molecule has 3 rings (SSSR count). The molecule has 138 valence electrons. The van der Waals surface area contributed by atoms with Gasteiger partial charge in [0.25, 0.3) is 0 Å². The van der Waals surface area contributed by atoms with Crippen LogP contribution in [0.3, 0.4) is 0 Å². The van der Waals surface area contributed by atoms with Crippen molar-refractivity contribution in [1.29, 1.82) is 0 Å². The zero-order valence-corrected chi connectivity index (χ0v) is 15.8. The third-order valence-corrected chi connectivity index (χ3v) is 6.23. The van der Waals surface area contributed by atoms with Crippen molar-refractivity contribution in [2.24, 2.45) is 0 Å². The molecule has 1 aromatic carbocycles. The number of anilines is 1. The lowest BCUT2D eigenvalue weighted by Crippen LogP contribution is -2.45. The molecule has 0 atom stereocenters. The van der Waals surface area contributed by atoms with Gasteiger partial charge in [0.1, 0.15) is 5.82 Å². The van der Waals surface area contributed by atoms with Crippen LogP contribution in [0.25, 0.3) is 0 Å². The van der Waals surface area contributed by atoms with Crippen molar-refractivity contribution < 1.29 is 14.0 Å². The number of hydrogen-bond donors (Lipinski definition) is 2. The molecule has 1 heterocycles. The quantitative estimate of drug-likeness (QED) is 0.750. The SMILES string of the molecule is O=C(NCC1(c2cccs2)CCCCC1)C(=O)Nc1ccc(F)c(Cl)c1. The summed E-state index contributed by atoms with van der Waals surface area (Å²) in [4.78, 5) is 25.6. The van der Waals surface area contributed by atoms with Gasteiger partial charge in [-0.25, -0.2) is 4.39 Å². The van der Waals surface area contributed by atoms with Gasteiger partial charge in [-0.05, 0) is 42.5 Å². The number of rotatable bonds is 4. The van der Waals surface area contributed by atoms with Crippen LogP contribution in [0, 0.1) is 5.82 Å². The molecule has 1 saturated carbocycles. The first kappa shape index (κ1) is 18.9. The van der Waals surface area contributed by atoms with Crippen molar-refractivity contribution in [3.8, 4) is 0 Å². The second kappa shape index (κ2) is 8.18. The monoisotopic (exact) mass is 394 g/mol. The van der Waals surface area contributed by atoms with Crippen LogP contribution in [0.15, 0.2) is 35.7 Å². The second-order valence-electron chi connectivity index (χ2n) is 6.58. The molecule has 7 heteroatoms. The number of halogens is 2. The van der Waals surface area contributed by atoms with Gasteiger partial charge < -0.3 is 10.6 Å². The maximum Gasteiger partial charge on any atom is 0.313 e. The Kier molecular flexibility index (Phi) is 5.94. The van der Waals surface area contributed by atoms with Gasteiger partial charge in [0.2, 0.25) is 0 Å². The number of thiophene rings is 1. The van der Waals surface area contributed by atoms with E-state index in [2.05, 4.69) is 16.7 Å². The average Bonchev–Trinajstić information content (AvgIpc) is 3.19. The van der Waals surface area contributed by atoms with Gasteiger partial charge in [-0.15, -0.1) is 11.3 Å². The highest BCUT2D eigenvalue weighted by atomic mass is 35.5. The third-order valence-electron chi connectivity index (χ3n) is 4.83. The van der Waals surface area contributed by atoms with Crippen LogP contribution in [-0.2, 0) is 15.0 Å². The highest BCUT2D eigenvalue weighted by Crippen LogP contribution is 2.41. The molecule has 1 fully saturated rings. The summed E-state index contributed by atoms with van der Waals surface area (Å²) in [6.45, 7) is 0.434. The number of nitrogens with one attached hydrogen (secondary N) is 2. The first-order chi connectivity index (χ1) is 12.5. The minimum absolute atomic E-state index is 0.0957. The Balaban J connectivity index is 1.63. The van der Waals surface area contributed by atoms with Crippen molar-refractivity contribution >= 4 is 40.4 Å². The average molecular weight is 395 g/mol. The van der Waals surface area contributed by atoms with E-state index in [0.29, 0.717) is 6.54 Å². The van der Waals surface area contributed by atoms with E-state index in [9.17, 15) is 14.0 Å². The van der Waals surface area contributed by atoms with E-state index < -0.39 is 17.6 Å². The predicted molar refractivity (Wildman–Crippen MR) is 102 cm³/mol. The largest absolute Gasteiger partial charge is 0.347 e. The standard InChI is InChI=1S/C19H20ClFN2O2S/c20-14-11-13(6-7-15(14)21)23-18(25)17(24)22-12-19(8-2-1-3-9-19)16-5-4-10-26-16/h4-7,10-11H,1-3,8-9,12H2,(H,22,24)(H,23,25). The van der Waals surface area contributed by atoms with Crippen LogP contribution >= 0.6 is 22.9 Å². The molecule has 2 aromatic rings. The number of benzene rings is 1. The van der Waals surface area contributed by atoms with Crippen molar-refractivity contribution in [2.45, 2.75) is 37.5 Å². The van der Waals surface area contributed by atoms with Gasteiger partial charge in [-0.2, -0.15) is 0 Å². The summed E-state index contributed by atoms with van der Waals surface area (Å²) in [5.74, 6) is -2.07. The number of hydrogen-bond acceptors (Lipinski definition) is 3. The Morgan fingerprint density at radius 2 is 1.92 bits per heavy atom. The summed E-state index contributed by atoms with van der Waals surface area (Å²) in [5, 5.41) is 7.15. The molecular formula is C19H20ClFN2O2S. The Hall–Kier alpha value is -1.92. The van der Waals surface area contributed by atoms with Gasteiger partial charge >= 0.3 is 11.8 Å². The molecule has 4 nitrogen and oxygen atoms in total. The highest BCUT2D eigenvalue weighted by Gasteiger charge is 2.35. The van der Waals surface area contributed by atoms with Gasteiger partial charge in [0, 0.05) is 22.5 Å². The van der Waals surface area contributed by atoms with Crippen LogP contribution in [0.2, 0.25) is 5.02 Å². The highest BCUT2D eigenvalue weighted by molar-refractivity contribution is 7.10. The van der Waals surface area contributed by atoms with Crippen LogP contribution in [0.1, 0.15) is 37.0 Å². The number of carbonyl (C=O) groups excluding carboxylic acids is 2. The summed E-state index contributed by atoms with van der Waals surface area (Å²) in [5.41, 5.74) is 0.184. The molecule has 1 aliphatic carbocycles. The Bertz CT molecular complexity index is 789. The molecule has 0 unspecified atom stereocenters. The van der Waals surface area contributed by atoms with Crippen molar-refractivity contribution in [3.63, 3.8) is 0 Å². The van der Waals surface area contributed by atoms with Crippen molar-refractivity contribution in [2.75, 3.05) is 11.9 Å². The van der Waals surface area contributed by atoms with Gasteiger partial charge in [-0.3, -0.25) is 9.59 Å². The fraction of sp³-hybridized carbons (Fsp3) is 0.368. The van der Waals surface area contributed by atoms with Crippen LogP contribution < -0.4 is 10.6 Å². The normalized spacial score (nSPS) is 16.1. The van der Waals surface area contributed by atoms with Gasteiger partial charge in [0.15, 0.2) is 0 Å². The molecule has 0 aliphatic heterocycles. The van der Waals surface area contributed by atoms with Gasteiger partial charge in [0.05, 0.1) is 5.02 Å². The van der Waals surface area contributed by atoms with E-state index in [4.69, 9.17) is 11.6 Å². The van der Waals surface area contributed by atoms with E-state index in [0.717, 1.165) is 31.7 Å². The Morgan fingerprint density at radius 3 is 2.58 bits per heavy atom. The van der Waals surface area contributed by atoms with Crippen LogP contribution in [0.4, 0.5) is 10.1 Å². The van der Waals surface area contributed by atoms with Crippen LogP contribution in [-0.4, -0.2) is 18.4 Å². The molecular weight excluding hydrogens is 375 g/mol. The third kappa shape index (κ3) is 4.24. The molecule has 1 aromatic heterocycles. The summed E-state index contributed by atoms with van der Waals surface area (Å²) < 4.78 is 13.2. The molecule has 2 N–H and O–H groups in total. The Labute approximate surface area is 160 Å².